The first-order chi connectivity index (χ1) is 9.81. The van der Waals surface area contributed by atoms with Gasteiger partial charge in [0.15, 0.2) is 0 Å². The Morgan fingerprint density at radius 1 is 1.38 bits per heavy atom. The van der Waals surface area contributed by atoms with Crippen LogP contribution < -0.4 is 0 Å². The number of carbonyl (C=O) groups is 1. The van der Waals surface area contributed by atoms with E-state index >= 15 is 0 Å². The van der Waals surface area contributed by atoms with Gasteiger partial charge in [-0.1, -0.05) is 43.1 Å². The lowest BCUT2D eigenvalue weighted by atomic mass is 10.1. The first kappa shape index (κ1) is 15.9. The van der Waals surface area contributed by atoms with Crippen LogP contribution in [-0.2, 0) is 6.42 Å². The van der Waals surface area contributed by atoms with E-state index in [2.05, 4.69) is 5.10 Å². The molecule has 2 aromatic rings. The fourth-order valence-corrected chi connectivity index (χ4v) is 2.57. The minimum Gasteiger partial charge on any atom is -0.478 e. The Balaban J connectivity index is 2.58. The van der Waals surface area contributed by atoms with Crippen molar-refractivity contribution in [2.24, 2.45) is 5.92 Å². The van der Waals surface area contributed by atoms with E-state index in [9.17, 15) is 9.90 Å². The second-order valence-electron chi connectivity index (χ2n) is 5.36. The number of carboxylic acid groups (broad SMARTS) is 1. The van der Waals surface area contributed by atoms with Crippen LogP contribution in [0, 0.1) is 12.8 Å². The van der Waals surface area contributed by atoms with E-state index in [-0.39, 0.29) is 16.6 Å². The van der Waals surface area contributed by atoms with Crippen LogP contribution >= 0.6 is 23.2 Å². The van der Waals surface area contributed by atoms with E-state index in [4.69, 9.17) is 23.2 Å². The van der Waals surface area contributed by atoms with E-state index in [1.807, 2.05) is 32.9 Å². The van der Waals surface area contributed by atoms with Crippen molar-refractivity contribution >= 4 is 29.2 Å². The van der Waals surface area contributed by atoms with E-state index in [0.29, 0.717) is 22.8 Å². The molecule has 112 valence electrons. The fraction of sp³-hybridized carbons (Fsp3) is 0.333. The number of hydrogen-bond donors (Lipinski definition) is 1. The Hall–Kier alpha value is -1.52. The summed E-state index contributed by atoms with van der Waals surface area (Å²) in [5, 5.41) is 14.4. The molecule has 0 spiro atoms. The molecule has 0 atom stereocenters. The van der Waals surface area contributed by atoms with Gasteiger partial charge in [-0.2, -0.15) is 5.10 Å². The molecule has 0 aliphatic heterocycles. The molecule has 0 saturated carbocycles. The van der Waals surface area contributed by atoms with Crippen molar-refractivity contribution in [1.82, 2.24) is 9.78 Å². The SMILES string of the molecule is Cc1ccc(-n2nc(CC(C)C)c(C(=O)O)c2Cl)cc1Cl. The van der Waals surface area contributed by atoms with Gasteiger partial charge in [-0.25, -0.2) is 9.48 Å². The minimum atomic E-state index is -1.07. The van der Waals surface area contributed by atoms with Crippen LogP contribution in [0.2, 0.25) is 10.2 Å². The summed E-state index contributed by atoms with van der Waals surface area (Å²) < 4.78 is 1.42. The molecule has 2 rings (SSSR count). The standard InChI is InChI=1S/C15H16Cl2N2O2/c1-8(2)6-12-13(15(20)21)14(17)19(18-12)10-5-4-9(3)11(16)7-10/h4-5,7-8H,6H2,1-3H3,(H,20,21). The number of aryl methyl sites for hydroxylation is 1. The van der Waals surface area contributed by atoms with Crippen molar-refractivity contribution < 1.29 is 9.90 Å². The van der Waals surface area contributed by atoms with Crippen LogP contribution in [0.15, 0.2) is 18.2 Å². The second kappa shape index (κ2) is 6.08. The van der Waals surface area contributed by atoms with Crippen LogP contribution in [0.3, 0.4) is 0 Å². The van der Waals surface area contributed by atoms with E-state index in [1.165, 1.54) is 4.68 Å². The van der Waals surface area contributed by atoms with Gasteiger partial charge in [0.25, 0.3) is 0 Å². The van der Waals surface area contributed by atoms with Crippen LogP contribution in [0.4, 0.5) is 0 Å². The van der Waals surface area contributed by atoms with E-state index < -0.39 is 5.97 Å². The minimum absolute atomic E-state index is 0.0575. The highest BCUT2D eigenvalue weighted by molar-refractivity contribution is 6.33. The smallest absolute Gasteiger partial charge is 0.340 e. The maximum atomic E-state index is 11.4. The Bertz CT molecular complexity index is 693. The molecular formula is C15H16Cl2N2O2. The fourth-order valence-electron chi connectivity index (χ4n) is 2.07. The zero-order chi connectivity index (χ0) is 15.7. The van der Waals surface area contributed by atoms with Crippen LogP contribution in [0.25, 0.3) is 5.69 Å². The number of hydrogen-bond acceptors (Lipinski definition) is 2. The first-order valence-corrected chi connectivity index (χ1v) is 7.34. The third kappa shape index (κ3) is 3.22. The number of rotatable bonds is 4. The number of benzene rings is 1. The monoisotopic (exact) mass is 326 g/mol. The molecule has 0 unspecified atom stereocenters. The molecular weight excluding hydrogens is 311 g/mol. The summed E-state index contributed by atoms with van der Waals surface area (Å²) in [6, 6.07) is 5.38. The summed E-state index contributed by atoms with van der Waals surface area (Å²) >= 11 is 12.3. The van der Waals surface area contributed by atoms with Crippen molar-refractivity contribution in [3.63, 3.8) is 0 Å². The molecule has 0 saturated heterocycles. The van der Waals surface area contributed by atoms with E-state index in [1.54, 1.807) is 6.07 Å². The zero-order valence-corrected chi connectivity index (χ0v) is 13.5. The molecule has 21 heavy (non-hydrogen) atoms. The van der Waals surface area contributed by atoms with Gasteiger partial charge in [0.1, 0.15) is 10.7 Å². The van der Waals surface area contributed by atoms with Gasteiger partial charge in [0.2, 0.25) is 0 Å². The quantitative estimate of drug-likeness (QED) is 0.906. The molecule has 1 N–H and O–H groups in total. The Labute approximate surface area is 133 Å². The Kier molecular flexibility index (Phi) is 4.59. The zero-order valence-electron chi connectivity index (χ0n) is 12.0. The topological polar surface area (TPSA) is 55.1 Å². The van der Waals surface area contributed by atoms with Crippen molar-refractivity contribution in [3.8, 4) is 5.69 Å². The third-order valence-corrected chi connectivity index (χ3v) is 3.87. The molecule has 1 aromatic heterocycles. The molecule has 6 heteroatoms. The molecule has 0 aliphatic rings. The number of halogens is 2. The highest BCUT2D eigenvalue weighted by Crippen LogP contribution is 2.27. The van der Waals surface area contributed by atoms with Crippen LogP contribution in [-0.4, -0.2) is 20.9 Å². The average Bonchev–Trinajstić information content (AvgIpc) is 2.69. The predicted molar refractivity (Wildman–Crippen MR) is 83.8 cm³/mol. The normalized spacial score (nSPS) is 11.1. The van der Waals surface area contributed by atoms with Gasteiger partial charge in [-0.3, -0.25) is 0 Å². The molecule has 4 nitrogen and oxygen atoms in total. The van der Waals surface area contributed by atoms with Gasteiger partial charge >= 0.3 is 5.97 Å². The lowest BCUT2D eigenvalue weighted by Gasteiger charge is -2.05. The maximum Gasteiger partial charge on any atom is 0.340 e. The van der Waals surface area contributed by atoms with Gasteiger partial charge < -0.3 is 5.11 Å². The molecule has 0 amide bonds. The summed E-state index contributed by atoms with van der Waals surface area (Å²) in [5.74, 6) is -0.788. The summed E-state index contributed by atoms with van der Waals surface area (Å²) in [5.41, 5.74) is 2.12. The Morgan fingerprint density at radius 3 is 2.57 bits per heavy atom. The highest BCUT2D eigenvalue weighted by atomic mass is 35.5. The summed E-state index contributed by atoms with van der Waals surface area (Å²) in [6.45, 7) is 5.90. The van der Waals surface area contributed by atoms with E-state index in [0.717, 1.165) is 5.56 Å². The predicted octanol–water partition coefficient (Wildman–Crippen LogP) is 4.38. The lowest BCUT2D eigenvalue weighted by molar-refractivity contribution is 0.0695. The number of aromatic nitrogens is 2. The van der Waals surface area contributed by atoms with Gasteiger partial charge in [-0.05, 0) is 37.0 Å². The largest absolute Gasteiger partial charge is 0.478 e. The average molecular weight is 327 g/mol. The van der Waals surface area contributed by atoms with Crippen molar-refractivity contribution in [2.45, 2.75) is 27.2 Å². The van der Waals surface area contributed by atoms with Crippen LogP contribution in [0.5, 0.6) is 0 Å². The molecule has 0 radical (unpaired) electrons. The van der Waals surface area contributed by atoms with Crippen molar-refractivity contribution in [1.29, 1.82) is 0 Å². The highest BCUT2D eigenvalue weighted by Gasteiger charge is 2.23. The number of carboxylic acids is 1. The maximum absolute atomic E-state index is 11.4. The molecule has 0 fully saturated rings. The van der Waals surface area contributed by atoms with Gasteiger partial charge in [0.05, 0.1) is 11.4 Å². The van der Waals surface area contributed by atoms with Gasteiger partial charge in [-0.15, -0.1) is 0 Å². The first-order valence-electron chi connectivity index (χ1n) is 6.58. The molecule has 1 heterocycles. The number of aromatic carboxylic acids is 1. The second-order valence-corrected chi connectivity index (χ2v) is 6.13. The third-order valence-electron chi connectivity index (χ3n) is 3.12. The summed E-state index contributed by atoms with van der Waals surface area (Å²) in [7, 11) is 0. The Morgan fingerprint density at radius 2 is 2.05 bits per heavy atom. The molecule has 1 aromatic carbocycles. The number of nitrogens with zero attached hydrogens (tertiary/aromatic N) is 2. The van der Waals surface area contributed by atoms with Crippen molar-refractivity contribution in [2.75, 3.05) is 0 Å². The summed E-state index contributed by atoms with van der Waals surface area (Å²) in [6.07, 6.45) is 0.550. The lowest BCUT2D eigenvalue weighted by Crippen LogP contribution is -2.03. The van der Waals surface area contributed by atoms with Gasteiger partial charge in [0, 0.05) is 5.02 Å². The summed E-state index contributed by atoms with van der Waals surface area (Å²) in [4.78, 5) is 11.4. The van der Waals surface area contributed by atoms with Crippen LogP contribution in [0.1, 0.15) is 35.5 Å². The molecule has 0 aliphatic carbocycles. The van der Waals surface area contributed by atoms with Crippen molar-refractivity contribution in [3.05, 3.63) is 45.2 Å². The molecule has 0 bridgehead atoms.